The molecule has 3 nitrogen and oxygen atoms in total. The van der Waals surface area contributed by atoms with Gasteiger partial charge in [-0.1, -0.05) is 18.2 Å². The monoisotopic (exact) mass is 262 g/mol. The molecule has 6 heteroatoms. The van der Waals surface area contributed by atoms with Gasteiger partial charge in [0.15, 0.2) is 0 Å². The van der Waals surface area contributed by atoms with Gasteiger partial charge in [-0.15, -0.1) is 0 Å². The number of hydrogen-bond donors (Lipinski definition) is 2. The van der Waals surface area contributed by atoms with Crippen LogP contribution < -0.4 is 11.3 Å². The Balaban J connectivity index is 2.71. The Morgan fingerprint density at radius 2 is 2.11 bits per heavy atom. The van der Waals surface area contributed by atoms with E-state index >= 15 is 0 Å². The maximum Gasteiger partial charge on any atom is 0.416 e. The van der Waals surface area contributed by atoms with Crippen molar-refractivity contribution in [3.8, 4) is 0 Å². The number of alkyl halides is 3. The number of nitrogens with two attached hydrogens (primary N) is 1. The summed E-state index contributed by atoms with van der Waals surface area (Å²) in [7, 11) is 0. The van der Waals surface area contributed by atoms with Crippen molar-refractivity contribution in [2.45, 2.75) is 25.6 Å². The number of nitrogens with one attached hydrogen (secondary N) is 1. The average Bonchev–Trinajstić information content (AvgIpc) is 2.33. The summed E-state index contributed by atoms with van der Waals surface area (Å²) in [5.41, 5.74) is 2.47. The second-order valence-electron chi connectivity index (χ2n) is 3.93. The first-order valence-electron chi connectivity index (χ1n) is 5.67. The molecule has 0 fully saturated rings. The van der Waals surface area contributed by atoms with Gasteiger partial charge in [0, 0.05) is 12.6 Å². The van der Waals surface area contributed by atoms with Crippen molar-refractivity contribution in [1.29, 1.82) is 0 Å². The molecular formula is C12H17F3N2O. The van der Waals surface area contributed by atoms with Gasteiger partial charge in [-0.05, 0) is 25.0 Å². The topological polar surface area (TPSA) is 47.3 Å². The zero-order valence-electron chi connectivity index (χ0n) is 10.1. The summed E-state index contributed by atoms with van der Waals surface area (Å²) >= 11 is 0. The molecule has 0 radical (unpaired) electrons. The molecule has 0 heterocycles. The first-order valence-corrected chi connectivity index (χ1v) is 5.67. The lowest BCUT2D eigenvalue weighted by Crippen LogP contribution is -2.40. The van der Waals surface area contributed by atoms with E-state index in [2.05, 4.69) is 5.43 Å². The van der Waals surface area contributed by atoms with Crippen molar-refractivity contribution in [3.05, 3.63) is 35.4 Å². The Bertz CT molecular complexity index is 369. The minimum Gasteiger partial charge on any atom is -0.380 e. The molecule has 0 aliphatic rings. The predicted molar refractivity (Wildman–Crippen MR) is 62.8 cm³/mol. The lowest BCUT2D eigenvalue weighted by Gasteiger charge is -2.16. The SMILES string of the molecule is CCOCC(Cc1cccc(C(F)(F)F)c1)NN. The molecule has 0 aliphatic carbocycles. The van der Waals surface area contributed by atoms with Crippen LogP contribution in [0.4, 0.5) is 13.2 Å². The van der Waals surface area contributed by atoms with Crippen molar-refractivity contribution in [2.75, 3.05) is 13.2 Å². The highest BCUT2D eigenvalue weighted by Crippen LogP contribution is 2.29. The van der Waals surface area contributed by atoms with E-state index in [9.17, 15) is 13.2 Å². The molecular weight excluding hydrogens is 245 g/mol. The molecule has 0 aromatic heterocycles. The normalized spacial score (nSPS) is 13.6. The van der Waals surface area contributed by atoms with Crippen molar-refractivity contribution in [2.24, 2.45) is 5.84 Å². The van der Waals surface area contributed by atoms with Crippen molar-refractivity contribution in [3.63, 3.8) is 0 Å². The van der Waals surface area contributed by atoms with E-state index in [4.69, 9.17) is 10.6 Å². The highest BCUT2D eigenvalue weighted by atomic mass is 19.4. The third kappa shape index (κ3) is 4.64. The summed E-state index contributed by atoms with van der Waals surface area (Å²) < 4.78 is 42.8. The first-order chi connectivity index (χ1) is 8.47. The van der Waals surface area contributed by atoms with Gasteiger partial charge in [0.1, 0.15) is 0 Å². The molecule has 1 unspecified atom stereocenters. The van der Waals surface area contributed by atoms with Crippen LogP contribution in [0, 0.1) is 0 Å². The average molecular weight is 262 g/mol. The van der Waals surface area contributed by atoms with Crippen LogP contribution in [0.5, 0.6) is 0 Å². The minimum atomic E-state index is -4.32. The lowest BCUT2D eigenvalue weighted by atomic mass is 10.0. The van der Waals surface area contributed by atoms with Gasteiger partial charge in [-0.2, -0.15) is 13.2 Å². The zero-order chi connectivity index (χ0) is 13.6. The van der Waals surface area contributed by atoms with Crippen molar-refractivity contribution < 1.29 is 17.9 Å². The smallest absolute Gasteiger partial charge is 0.380 e. The van der Waals surface area contributed by atoms with E-state index in [1.54, 1.807) is 6.07 Å². The summed E-state index contributed by atoms with van der Waals surface area (Å²) in [6, 6.07) is 5.03. The molecule has 0 aliphatic heterocycles. The zero-order valence-corrected chi connectivity index (χ0v) is 10.1. The summed E-state index contributed by atoms with van der Waals surface area (Å²) in [5.74, 6) is 5.33. The first kappa shape index (κ1) is 14.9. The molecule has 0 amide bonds. The third-order valence-electron chi connectivity index (χ3n) is 2.50. The van der Waals surface area contributed by atoms with E-state index < -0.39 is 11.7 Å². The largest absolute Gasteiger partial charge is 0.416 e. The highest BCUT2D eigenvalue weighted by molar-refractivity contribution is 5.26. The van der Waals surface area contributed by atoms with Gasteiger partial charge in [0.05, 0.1) is 12.2 Å². The standard InChI is InChI=1S/C12H17F3N2O/c1-2-18-8-11(17-16)7-9-4-3-5-10(6-9)12(13,14)15/h3-6,11,17H,2,7-8,16H2,1H3. The van der Waals surface area contributed by atoms with Crippen LogP contribution in [0.2, 0.25) is 0 Å². The van der Waals surface area contributed by atoms with Gasteiger partial charge in [-0.3, -0.25) is 11.3 Å². The predicted octanol–water partition coefficient (Wildman–Crippen LogP) is 2.12. The number of hydrogen-bond acceptors (Lipinski definition) is 3. The Morgan fingerprint density at radius 1 is 1.39 bits per heavy atom. The van der Waals surface area contributed by atoms with Gasteiger partial charge in [-0.25, -0.2) is 0 Å². The van der Waals surface area contributed by atoms with Crippen LogP contribution in [-0.2, 0) is 17.3 Å². The summed E-state index contributed by atoms with van der Waals surface area (Å²) in [6.07, 6.45) is -3.93. The van der Waals surface area contributed by atoms with E-state index in [0.29, 0.717) is 25.2 Å². The summed E-state index contributed by atoms with van der Waals surface area (Å²) in [6.45, 7) is 2.75. The summed E-state index contributed by atoms with van der Waals surface area (Å²) in [4.78, 5) is 0. The maximum atomic E-state index is 12.5. The number of hydrazine groups is 1. The molecule has 3 N–H and O–H groups in total. The fourth-order valence-corrected chi connectivity index (χ4v) is 1.59. The lowest BCUT2D eigenvalue weighted by molar-refractivity contribution is -0.137. The molecule has 1 rings (SSSR count). The highest BCUT2D eigenvalue weighted by Gasteiger charge is 2.30. The Morgan fingerprint density at radius 3 is 2.67 bits per heavy atom. The molecule has 18 heavy (non-hydrogen) atoms. The van der Waals surface area contributed by atoms with Gasteiger partial charge < -0.3 is 4.74 Å². The number of ether oxygens (including phenoxy) is 1. The third-order valence-corrected chi connectivity index (χ3v) is 2.50. The number of rotatable bonds is 6. The summed E-state index contributed by atoms with van der Waals surface area (Å²) in [5, 5.41) is 0. The Hall–Kier alpha value is -1.11. The van der Waals surface area contributed by atoms with E-state index in [0.717, 1.165) is 12.1 Å². The molecule has 1 aromatic carbocycles. The Labute approximate surface area is 104 Å². The second kappa shape index (κ2) is 6.72. The fourth-order valence-electron chi connectivity index (χ4n) is 1.59. The van der Waals surface area contributed by atoms with Crippen LogP contribution in [0.25, 0.3) is 0 Å². The van der Waals surface area contributed by atoms with Crippen molar-refractivity contribution in [1.82, 2.24) is 5.43 Å². The minimum absolute atomic E-state index is 0.201. The molecule has 0 bridgehead atoms. The molecule has 102 valence electrons. The van der Waals surface area contributed by atoms with Crippen LogP contribution in [0.15, 0.2) is 24.3 Å². The van der Waals surface area contributed by atoms with Crippen LogP contribution in [-0.4, -0.2) is 19.3 Å². The molecule has 0 spiro atoms. The molecule has 1 aromatic rings. The number of benzene rings is 1. The van der Waals surface area contributed by atoms with Crippen LogP contribution in [0.3, 0.4) is 0 Å². The van der Waals surface area contributed by atoms with E-state index in [1.807, 2.05) is 6.92 Å². The Kier molecular flexibility index (Phi) is 5.58. The van der Waals surface area contributed by atoms with Crippen LogP contribution in [0.1, 0.15) is 18.1 Å². The molecule has 1 atom stereocenters. The van der Waals surface area contributed by atoms with E-state index in [1.165, 1.54) is 6.07 Å². The second-order valence-corrected chi connectivity index (χ2v) is 3.93. The quantitative estimate of drug-likeness (QED) is 0.610. The van der Waals surface area contributed by atoms with Crippen molar-refractivity contribution >= 4 is 0 Å². The fraction of sp³-hybridized carbons (Fsp3) is 0.500. The molecule has 0 saturated carbocycles. The van der Waals surface area contributed by atoms with Gasteiger partial charge in [0.2, 0.25) is 0 Å². The van der Waals surface area contributed by atoms with Gasteiger partial charge >= 0.3 is 6.18 Å². The van der Waals surface area contributed by atoms with Gasteiger partial charge in [0.25, 0.3) is 0 Å². The van der Waals surface area contributed by atoms with Crippen LogP contribution >= 0.6 is 0 Å². The number of halogens is 3. The van der Waals surface area contributed by atoms with E-state index in [-0.39, 0.29) is 6.04 Å². The molecule has 0 saturated heterocycles. The maximum absolute atomic E-state index is 12.5.